The summed E-state index contributed by atoms with van der Waals surface area (Å²) in [4.78, 5) is 13.1. The summed E-state index contributed by atoms with van der Waals surface area (Å²) in [5, 5.41) is 10.7. The van der Waals surface area contributed by atoms with Crippen molar-refractivity contribution >= 4 is 14.1 Å². The molecule has 1 N–H and O–H groups in total. The summed E-state index contributed by atoms with van der Waals surface area (Å²) in [6, 6.07) is 0. The summed E-state index contributed by atoms with van der Waals surface area (Å²) in [5.41, 5.74) is 0.729. The minimum atomic E-state index is -1.86. The summed E-state index contributed by atoms with van der Waals surface area (Å²) < 4.78 is 6.50. The second-order valence-corrected chi connectivity index (χ2v) is 14.4. The van der Waals surface area contributed by atoms with Gasteiger partial charge in [-0.2, -0.15) is 0 Å². The molecule has 0 aromatic carbocycles. The summed E-state index contributed by atoms with van der Waals surface area (Å²) in [7, 11) is -1.86. The van der Waals surface area contributed by atoms with Gasteiger partial charge in [0, 0.05) is 12.0 Å². The predicted octanol–water partition coefficient (Wildman–Crippen LogP) is 4.07. The van der Waals surface area contributed by atoms with E-state index in [1.807, 2.05) is 0 Å². The van der Waals surface area contributed by atoms with Crippen LogP contribution in [0.25, 0.3) is 0 Å². The molecule has 130 valence electrons. The lowest BCUT2D eigenvalue weighted by Gasteiger charge is -2.44. The fourth-order valence-corrected chi connectivity index (χ4v) is 5.34. The molecule has 3 aliphatic rings. The molecule has 3 atom stereocenters. The molecule has 1 spiro atoms. The third-order valence-corrected chi connectivity index (χ3v) is 11.7. The Morgan fingerprint density at radius 1 is 1.30 bits per heavy atom. The quantitative estimate of drug-likeness (QED) is 0.624. The lowest BCUT2D eigenvalue weighted by molar-refractivity contribution is -0.134. The first-order valence-electron chi connectivity index (χ1n) is 9.02. The van der Waals surface area contributed by atoms with Gasteiger partial charge in [0.15, 0.2) is 8.32 Å². The second kappa shape index (κ2) is 5.03. The zero-order valence-electron chi connectivity index (χ0n) is 15.5. The second-order valence-electron chi connectivity index (χ2n) is 9.64. The van der Waals surface area contributed by atoms with Crippen molar-refractivity contribution < 1.29 is 14.3 Å². The summed E-state index contributed by atoms with van der Waals surface area (Å²) in [6.07, 6.45) is 5.35. The number of hydrogen-bond donors (Lipinski definition) is 1. The number of carbonyl (C=O) groups is 1. The van der Waals surface area contributed by atoms with Crippen LogP contribution >= 0.6 is 0 Å². The Balaban J connectivity index is 1.90. The maximum absolute atomic E-state index is 13.1. The Morgan fingerprint density at radius 3 is 2.43 bits per heavy atom. The van der Waals surface area contributed by atoms with E-state index in [-0.39, 0.29) is 21.8 Å². The van der Waals surface area contributed by atoms with Gasteiger partial charge in [0.05, 0.1) is 17.4 Å². The van der Waals surface area contributed by atoms with Gasteiger partial charge < -0.3 is 9.53 Å². The standard InChI is InChI=1S/C19H32O3Si/c1-13-11-18(12-22-23(5,6)17(2,3)4)8-7-14(20)15(18)16(21)19(13)9-10-19/h11,14-15,20H,7-10,12H2,1-6H3/t14-,15-,18+/m1/s1. The monoisotopic (exact) mass is 336 g/mol. The van der Waals surface area contributed by atoms with Gasteiger partial charge in [-0.1, -0.05) is 32.4 Å². The summed E-state index contributed by atoms with van der Waals surface area (Å²) in [5.74, 6) is 0.0415. The Morgan fingerprint density at radius 2 is 1.91 bits per heavy atom. The fourth-order valence-electron chi connectivity index (χ4n) is 4.28. The molecule has 0 unspecified atom stereocenters. The van der Waals surface area contributed by atoms with Crippen LogP contribution in [0.2, 0.25) is 18.1 Å². The molecule has 2 saturated carbocycles. The molecule has 0 amide bonds. The molecule has 3 aliphatic carbocycles. The van der Waals surface area contributed by atoms with Crippen LogP contribution in [0.1, 0.15) is 53.4 Å². The van der Waals surface area contributed by atoms with E-state index < -0.39 is 14.4 Å². The van der Waals surface area contributed by atoms with Gasteiger partial charge in [-0.3, -0.25) is 4.79 Å². The van der Waals surface area contributed by atoms with Crippen molar-refractivity contribution in [3.8, 4) is 0 Å². The molecule has 0 saturated heterocycles. The highest BCUT2D eigenvalue weighted by Crippen LogP contribution is 2.63. The number of aliphatic hydroxyl groups is 1. The van der Waals surface area contributed by atoms with E-state index in [1.165, 1.54) is 5.57 Å². The summed E-state index contributed by atoms with van der Waals surface area (Å²) in [6.45, 7) is 13.9. The molecule has 0 radical (unpaired) electrons. The van der Waals surface area contributed by atoms with Crippen LogP contribution < -0.4 is 0 Å². The number of Topliss-reactive ketones (excluding diaryl/α,β-unsaturated/α-hetero) is 1. The molecule has 3 rings (SSSR count). The van der Waals surface area contributed by atoms with Gasteiger partial charge in [0.1, 0.15) is 5.78 Å². The van der Waals surface area contributed by atoms with Crippen molar-refractivity contribution in [2.24, 2.45) is 16.7 Å². The molecule has 4 heteroatoms. The molecule has 0 bridgehead atoms. The number of allylic oxidation sites excluding steroid dienone is 1. The number of carbonyl (C=O) groups excluding carboxylic acids is 1. The highest BCUT2D eigenvalue weighted by molar-refractivity contribution is 6.74. The molecule has 0 aromatic rings. The van der Waals surface area contributed by atoms with Crippen LogP contribution in [0, 0.1) is 16.7 Å². The van der Waals surface area contributed by atoms with Gasteiger partial charge in [-0.15, -0.1) is 0 Å². The number of fused-ring (bicyclic) bond motifs is 1. The third kappa shape index (κ3) is 2.49. The minimum Gasteiger partial charge on any atom is -0.416 e. The Labute approximate surface area is 141 Å². The van der Waals surface area contributed by atoms with Crippen molar-refractivity contribution in [2.45, 2.75) is 77.6 Å². The van der Waals surface area contributed by atoms with E-state index in [0.29, 0.717) is 12.4 Å². The van der Waals surface area contributed by atoms with Crippen LogP contribution in [0.3, 0.4) is 0 Å². The van der Waals surface area contributed by atoms with Crippen molar-refractivity contribution in [3.63, 3.8) is 0 Å². The van der Waals surface area contributed by atoms with Gasteiger partial charge in [-0.05, 0) is 50.7 Å². The van der Waals surface area contributed by atoms with E-state index in [1.54, 1.807) is 0 Å². The molecule has 0 aliphatic heterocycles. The van der Waals surface area contributed by atoms with E-state index in [4.69, 9.17) is 4.43 Å². The molecule has 23 heavy (non-hydrogen) atoms. The predicted molar refractivity (Wildman–Crippen MR) is 94.7 cm³/mol. The molecular weight excluding hydrogens is 304 g/mol. The number of aliphatic hydroxyl groups excluding tert-OH is 1. The van der Waals surface area contributed by atoms with Gasteiger partial charge in [0.25, 0.3) is 0 Å². The third-order valence-electron chi connectivity index (χ3n) is 7.18. The number of ketones is 1. The lowest BCUT2D eigenvalue weighted by Crippen LogP contribution is -2.49. The van der Waals surface area contributed by atoms with Crippen LogP contribution in [0.15, 0.2) is 11.6 Å². The Bertz CT molecular complexity index is 553. The Hall–Kier alpha value is -0.453. The minimum absolute atomic E-state index is 0.158. The topological polar surface area (TPSA) is 46.5 Å². The van der Waals surface area contributed by atoms with E-state index in [0.717, 1.165) is 25.7 Å². The average Bonchev–Trinajstić information content (AvgIpc) is 3.16. The zero-order chi connectivity index (χ0) is 17.3. The zero-order valence-corrected chi connectivity index (χ0v) is 16.5. The number of rotatable bonds is 3. The molecule has 0 heterocycles. The Kier molecular flexibility index (Phi) is 3.80. The van der Waals surface area contributed by atoms with Crippen molar-refractivity contribution in [1.29, 1.82) is 0 Å². The van der Waals surface area contributed by atoms with Gasteiger partial charge in [0.2, 0.25) is 0 Å². The first-order chi connectivity index (χ1) is 10.5. The molecular formula is C19H32O3Si. The van der Waals surface area contributed by atoms with Gasteiger partial charge >= 0.3 is 0 Å². The first-order valence-corrected chi connectivity index (χ1v) is 11.9. The van der Waals surface area contributed by atoms with E-state index in [9.17, 15) is 9.90 Å². The van der Waals surface area contributed by atoms with Crippen molar-refractivity contribution in [3.05, 3.63) is 11.6 Å². The SMILES string of the molecule is CC1=C[C@]2(CO[Si](C)(C)C(C)(C)C)CC[C@@H](O)[C@@H]2C(=O)C12CC2. The fraction of sp³-hybridized carbons (Fsp3) is 0.842. The lowest BCUT2D eigenvalue weighted by atomic mass is 9.64. The molecule has 3 nitrogen and oxygen atoms in total. The van der Waals surface area contributed by atoms with Crippen molar-refractivity contribution in [2.75, 3.05) is 6.61 Å². The maximum atomic E-state index is 13.1. The highest BCUT2D eigenvalue weighted by Gasteiger charge is 2.64. The molecule has 2 fully saturated rings. The first kappa shape index (κ1) is 17.4. The van der Waals surface area contributed by atoms with Crippen LogP contribution in [0.4, 0.5) is 0 Å². The van der Waals surface area contributed by atoms with Crippen molar-refractivity contribution in [1.82, 2.24) is 0 Å². The van der Waals surface area contributed by atoms with Crippen LogP contribution in [-0.4, -0.2) is 31.9 Å². The average molecular weight is 337 g/mol. The highest BCUT2D eigenvalue weighted by atomic mass is 28.4. The van der Waals surface area contributed by atoms with Gasteiger partial charge in [-0.25, -0.2) is 0 Å². The largest absolute Gasteiger partial charge is 0.416 e. The van der Waals surface area contributed by atoms with E-state index >= 15 is 0 Å². The van der Waals surface area contributed by atoms with Crippen LogP contribution in [0.5, 0.6) is 0 Å². The smallest absolute Gasteiger partial charge is 0.192 e. The van der Waals surface area contributed by atoms with Crippen LogP contribution in [-0.2, 0) is 9.22 Å². The maximum Gasteiger partial charge on any atom is 0.192 e. The van der Waals surface area contributed by atoms with E-state index in [2.05, 4.69) is 46.9 Å². The normalized spacial score (nSPS) is 36.1. The number of hydrogen-bond acceptors (Lipinski definition) is 3. The summed E-state index contributed by atoms with van der Waals surface area (Å²) >= 11 is 0. The molecule has 0 aromatic heterocycles.